The Kier molecular flexibility index (Phi) is 10.3. The predicted octanol–water partition coefficient (Wildman–Crippen LogP) is 3.12. The van der Waals surface area contributed by atoms with Gasteiger partial charge in [0.2, 0.25) is 11.8 Å². The summed E-state index contributed by atoms with van der Waals surface area (Å²) >= 11 is 0. The van der Waals surface area contributed by atoms with E-state index in [0.717, 1.165) is 5.56 Å². The zero-order valence-electron chi connectivity index (χ0n) is 21.5. The minimum absolute atomic E-state index is 0.172. The summed E-state index contributed by atoms with van der Waals surface area (Å²) in [6.07, 6.45) is -0.772. The van der Waals surface area contributed by atoms with Gasteiger partial charge in [0.15, 0.2) is 0 Å². The molecule has 9 nitrogen and oxygen atoms in total. The summed E-state index contributed by atoms with van der Waals surface area (Å²) in [4.78, 5) is 40.9. The summed E-state index contributed by atoms with van der Waals surface area (Å²) in [5.74, 6) is -1.66. The standard InChI is InChI=1S/C27H37N3O6/c1-18(2)22(29-26(35)36-27(3,4)5)25(34)30(15-16-31)23(20-13-9-10-14-21(20)32)24(33)28-17-19-11-7-6-8-12-19/h6-14,18,22-23,31-32H,15-17H2,1-5H3,(H,28,33)(H,29,35). The van der Waals surface area contributed by atoms with Gasteiger partial charge in [-0.05, 0) is 38.3 Å². The highest BCUT2D eigenvalue weighted by Gasteiger charge is 2.38. The van der Waals surface area contributed by atoms with E-state index in [1.165, 1.54) is 11.0 Å². The Morgan fingerprint density at radius 2 is 1.61 bits per heavy atom. The van der Waals surface area contributed by atoms with Crippen LogP contribution in [0.1, 0.15) is 51.8 Å². The van der Waals surface area contributed by atoms with Crippen LogP contribution in [0.25, 0.3) is 0 Å². The molecule has 0 fully saturated rings. The molecule has 0 spiro atoms. The first-order valence-electron chi connectivity index (χ1n) is 11.9. The van der Waals surface area contributed by atoms with Crippen LogP contribution < -0.4 is 10.6 Å². The number of ether oxygens (including phenoxy) is 1. The minimum atomic E-state index is -1.25. The number of hydrogen-bond acceptors (Lipinski definition) is 6. The SMILES string of the molecule is CC(C)C(NC(=O)OC(C)(C)C)C(=O)N(CCO)C(C(=O)NCc1ccccc1)c1ccccc1O. The zero-order chi connectivity index (χ0) is 26.9. The number of alkyl carbamates (subject to hydrolysis) is 1. The normalized spacial score (nSPS) is 13.0. The van der Waals surface area contributed by atoms with E-state index in [2.05, 4.69) is 10.6 Å². The summed E-state index contributed by atoms with van der Waals surface area (Å²) in [6, 6.07) is 13.2. The van der Waals surface area contributed by atoms with Crippen LogP contribution in [0, 0.1) is 5.92 Å². The Hall–Kier alpha value is -3.59. The molecule has 9 heteroatoms. The van der Waals surface area contributed by atoms with Crippen molar-refractivity contribution in [1.29, 1.82) is 0 Å². The third-order valence-corrected chi connectivity index (χ3v) is 5.33. The molecule has 0 bridgehead atoms. The molecular formula is C27H37N3O6. The van der Waals surface area contributed by atoms with Crippen molar-refractivity contribution in [3.63, 3.8) is 0 Å². The first kappa shape index (κ1) is 28.6. The molecule has 0 heterocycles. The first-order valence-corrected chi connectivity index (χ1v) is 11.9. The van der Waals surface area contributed by atoms with Crippen LogP contribution in [0.5, 0.6) is 5.75 Å². The van der Waals surface area contributed by atoms with Gasteiger partial charge in [-0.1, -0.05) is 62.4 Å². The van der Waals surface area contributed by atoms with Crippen molar-refractivity contribution in [2.45, 2.75) is 58.8 Å². The van der Waals surface area contributed by atoms with Gasteiger partial charge in [-0.25, -0.2) is 4.79 Å². The fraction of sp³-hybridized carbons (Fsp3) is 0.444. The van der Waals surface area contributed by atoms with Crippen molar-refractivity contribution in [1.82, 2.24) is 15.5 Å². The molecule has 0 aliphatic rings. The monoisotopic (exact) mass is 499 g/mol. The summed E-state index contributed by atoms with van der Waals surface area (Å²) in [5, 5.41) is 25.8. The zero-order valence-corrected chi connectivity index (χ0v) is 21.5. The quantitative estimate of drug-likeness (QED) is 0.398. The fourth-order valence-electron chi connectivity index (χ4n) is 3.65. The van der Waals surface area contributed by atoms with E-state index in [-0.39, 0.29) is 30.3 Å². The van der Waals surface area contributed by atoms with Crippen molar-refractivity contribution in [3.05, 3.63) is 65.7 Å². The lowest BCUT2D eigenvalue weighted by molar-refractivity contribution is -0.144. The number of amides is 3. The van der Waals surface area contributed by atoms with Crippen molar-refractivity contribution in [2.24, 2.45) is 5.92 Å². The van der Waals surface area contributed by atoms with E-state index in [4.69, 9.17) is 4.74 Å². The van der Waals surface area contributed by atoms with E-state index in [9.17, 15) is 24.6 Å². The highest BCUT2D eigenvalue weighted by molar-refractivity contribution is 5.92. The Morgan fingerprint density at radius 1 is 1.00 bits per heavy atom. The molecule has 3 amide bonds. The number of aromatic hydroxyl groups is 1. The molecule has 196 valence electrons. The molecule has 0 aliphatic heterocycles. The van der Waals surface area contributed by atoms with E-state index in [1.54, 1.807) is 52.8 Å². The highest BCUT2D eigenvalue weighted by atomic mass is 16.6. The molecule has 2 atom stereocenters. The maximum Gasteiger partial charge on any atom is 0.408 e. The number of nitrogens with one attached hydrogen (secondary N) is 2. The van der Waals surface area contributed by atoms with E-state index >= 15 is 0 Å². The number of nitrogens with zero attached hydrogens (tertiary/aromatic N) is 1. The van der Waals surface area contributed by atoms with Gasteiger partial charge in [0.05, 0.1) is 6.61 Å². The van der Waals surface area contributed by atoms with E-state index < -0.39 is 42.2 Å². The van der Waals surface area contributed by atoms with Gasteiger partial charge in [-0.3, -0.25) is 9.59 Å². The van der Waals surface area contributed by atoms with Gasteiger partial charge in [0.25, 0.3) is 0 Å². The average Bonchev–Trinajstić information content (AvgIpc) is 2.81. The second-order valence-electron chi connectivity index (χ2n) is 9.79. The number of phenolic OH excluding ortho intramolecular Hbond substituents is 1. The molecule has 2 rings (SSSR count). The Morgan fingerprint density at radius 3 is 2.17 bits per heavy atom. The van der Waals surface area contributed by atoms with Crippen LogP contribution in [0.2, 0.25) is 0 Å². The number of benzene rings is 2. The summed E-state index contributed by atoms with van der Waals surface area (Å²) in [6.45, 7) is 8.21. The van der Waals surface area contributed by atoms with Crippen LogP contribution in [0.15, 0.2) is 54.6 Å². The maximum absolute atomic E-state index is 13.8. The summed E-state index contributed by atoms with van der Waals surface area (Å²) < 4.78 is 5.32. The largest absolute Gasteiger partial charge is 0.508 e. The molecular weight excluding hydrogens is 462 g/mol. The molecule has 36 heavy (non-hydrogen) atoms. The Labute approximate surface area is 212 Å². The maximum atomic E-state index is 13.8. The van der Waals surface area contributed by atoms with Gasteiger partial charge in [-0.2, -0.15) is 0 Å². The Bertz CT molecular complexity index is 1020. The van der Waals surface area contributed by atoms with Crippen LogP contribution in [0.4, 0.5) is 4.79 Å². The third kappa shape index (κ3) is 8.27. The highest BCUT2D eigenvalue weighted by Crippen LogP contribution is 2.30. The van der Waals surface area contributed by atoms with Crippen LogP contribution in [-0.4, -0.2) is 57.8 Å². The molecule has 2 aromatic carbocycles. The van der Waals surface area contributed by atoms with E-state index in [1.807, 2.05) is 30.3 Å². The number of para-hydroxylation sites is 1. The molecule has 0 saturated carbocycles. The molecule has 0 radical (unpaired) electrons. The first-order chi connectivity index (χ1) is 16.9. The van der Waals surface area contributed by atoms with Gasteiger partial charge < -0.3 is 30.5 Å². The molecule has 2 unspecified atom stereocenters. The van der Waals surface area contributed by atoms with Crippen molar-refractivity contribution in [2.75, 3.05) is 13.2 Å². The van der Waals surface area contributed by atoms with Crippen molar-refractivity contribution >= 4 is 17.9 Å². The second kappa shape index (κ2) is 12.9. The van der Waals surface area contributed by atoms with Crippen molar-refractivity contribution < 1.29 is 29.3 Å². The number of phenols is 1. The number of carbonyl (C=O) groups excluding carboxylic acids is 3. The molecule has 0 saturated heterocycles. The lowest BCUT2D eigenvalue weighted by Crippen LogP contribution is -2.55. The predicted molar refractivity (Wildman–Crippen MR) is 136 cm³/mol. The summed E-state index contributed by atoms with van der Waals surface area (Å²) in [7, 11) is 0. The smallest absolute Gasteiger partial charge is 0.408 e. The molecule has 0 aromatic heterocycles. The number of hydrogen-bond donors (Lipinski definition) is 4. The topological polar surface area (TPSA) is 128 Å². The van der Waals surface area contributed by atoms with E-state index in [0.29, 0.717) is 0 Å². The van der Waals surface area contributed by atoms with Crippen molar-refractivity contribution in [3.8, 4) is 5.75 Å². The Balaban J connectivity index is 2.42. The van der Waals surface area contributed by atoms with Crippen LogP contribution in [-0.2, 0) is 20.9 Å². The number of rotatable bonds is 10. The molecule has 4 N–H and O–H groups in total. The minimum Gasteiger partial charge on any atom is -0.508 e. The van der Waals surface area contributed by atoms with Gasteiger partial charge in [0, 0.05) is 18.7 Å². The summed E-state index contributed by atoms with van der Waals surface area (Å²) in [5.41, 5.74) is 0.285. The lowest BCUT2D eigenvalue weighted by Gasteiger charge is -2.35. The average molecular weight is 500 g/mol. The van der Waals surface area contributed by atoms with Crippen LogP contribution >= 0.6 is 0 Å². The van der Waals surface area contributed by atoms with Gasteiger partial charge >= 0.3 is 6.09 Å². The number of aliphatic hydroxyl groups is 1. The lowest BCUT2D eigenvalue weighted by atomic mass is 9.98. The van der Waals surface area contributed by atoms with Gasteiger partial charge in [0.1, 0.15) is 23.4 Å². The molecule has 0 aliphatic carbocycles. The number of aliphatic hydroxyl groups excluding tert-OH is 1. The van der Waals surface area contributed by atoms with Crippen LogP contribution in [0.3, 0.4) is 0 Å². The van der Waals surface area contributed by atoms with Gasteiger partial charge in [-0.15, -0.1) is 0 Å². The number of carbonyl (C=O) groups is 3. The second-order valence-corrected chi connectivity index (χ2v) is 9.79. The third-order valence-electron chi connectivity index (χ3n) is 5.33. The molecule has 2 aromatic rings. The fourth-order valence-corrected chi connectivity index (χ4v) is 3.65.